The van der Waals surface area contributed by atoms with Gasteiger partial charge in [-0.3, -0.25) is 9.69 Å². The molecule has 0 aromatic heterocycles. The molecule has 1 N–H and O–H groups in total. The fourth-order valence-electron chi connectivity index (χ4n) is 2.58. The van der Waals surface area contributed by atoms with Crippen LogP contribution in [0.4, 0.5) is 5.69 Å². The smallest absolute Gasteiger partial charge is 0.241 e. The van der Waals surface area contributed by atoms with E-state index in [0.717, 1.165) is 22.7 Å². The Bertz CT molecular complexity index is 703. The van der Waals surface area contributed by atoms with E-state index in [9.17, 15) is 4.79 Å². The van der Waals surface area contributed by atoms with Crippen molar-refractivity contribution in [2.45, 2.75) is 19.5 Å². The molecule has 0 saturated carbocycles. The largest absolute Gasteiger partial charge is 0.486 e. The number of hydrogen-bond donors (Lipinski definition) is 1. The van der Waals surface area contributed by atoms with E-state index < -0.39 is 0 Å². The van der Waals surface area contributed by atoms with Crippen molar-refractivity contribution in [2.75, 3.05) is 25.6 Å². The number of amides is 1. The van der Waals surface area contributed by atoms with Crippen molar-refractivity contribution in [3.63, 3.8) is 0 Å². The molecule has 0 bridgehead atoms. The molecular weight excluding hydrogens is 304 g/mol. The molecule has 1 aliphatic heterocycles. The van der Waals surface area contributed by atoms with Gasteiger partial charge in [0, 0.05) is 12.2 Å². The molecule has 1 atom stereocenters. The Morgan fingerprint density at radius 1 is 1.12 bits per heavy atom. The highest BCUT2D eigenvalue weighted by Gasteiger charge is 2.19. The quantitative estimate of drug-likeness (QED) is 0.918. The summed E-state index contributed by atoms with van der Waals surface area (Å²) < 4.78 is 11.1. The van der Waals surface area contributed by atoms with E-state index in [-0.39, 0.29) is 11.9 Å². The zero-order chi connectivity index (χ0) is 16.9. The number of para-hydroxylation sites is 1. The molecule has 0 aliphatic carbocycles. The lowest BCUT2D eigenvalue weighted by Crippen LogP contribution is -2.39. The van der Waals surface area contributed by atoms with Crippen LogP contribution in [0.15, 0.2) is 48.5 Å². The van der Waals surface area contributed by atoms with E-state index >= 15 is 0 Å². The van der Waals surface area contributed by atoms with Crippen molar-refractivity contribution in [3.05, 3.63) is 54.1 Å². The minimum atomic E-state index is -0.251. The first-order chi connectivity index (χ1) is 11.6. The maximum Gasteiger partial charge on any atom is 0.241 e. The van der Waals surface area contributed by atoms with Gasteiger partial charge >= 0.3 is 0 Å². The Morgan fingerprint density at radius 3 is 2.58 bits per heavy atom. The van der Waals surface area contributed by atoms with Gasteiger partial charge in [-0.05, 0) is 43.8 Å². The van der Waals surface area contributed by atoms with Crippen molar-refractivity contribution >= 4 is 11.6 Å². The highest BCUT2D eigenvalue weighted by Crippen LogP contribution is 2.31. The van der Waals surface area contributed by atoms with Crippen LogP contribution in [0.2, 0.25) is 0 Å². The van der Waals surface area contributed by atoms with Crippen LogP contribution in [-0.4, -0.2) is 37.1 Å². The number of nitrogens with one attached hydrogen (secondary N) is 1. The number of benzene rings is 2. The Hall–Kier alpha value is -2.53. The van der Waals surface area contributed by atoms with Gasteiger partial charge in [-0.1, -0.05) is 24.3 Å². The highest BCUT2D eigenvalue weighted by atomic mass is 16.6. The summed E-state index contributed by atoms with van der Waals surface area (Å²) in [5.41, 5.74) is 1.89. The summed E-state index contributed by atoms with van der Waals surface area (Å²) in [6.07, 6.45) is 0. The molecule has 0 spiro atoms. The summed E-state index contributed by atoms with van der Waals surface area (Å²) in [6, 6.07) is 15.1. The van der Waals surface area contributed by atoms with Crippen LogP contribution in [0.1, 0.15) is 12.5 Å². The van der Waals surface area contributed by atoms with E-state index in [2.05, 4.69) is 5.32 Å². The van der Waals surface area contributed by atoms with E-state index in [1.807, 2.05) is 67.4 Å². The second-order valence-electron chi connectivity index (χ2n) is 5.92. The van der Waals surface area contributed by atoms with Gasteiger partial charge in [-0.2, -0.15) is 0 Å². The zero-order valence-corrected chi connectivity index (χ0v) is 14.0. The summed E-state index contributed by atoms with van der Waals surface area (Å²) in [4.78, 5) is 14.4. The number of nitrogens with zero attached hydrogens (tertiary/aromatic N) is 1. The van der Waals surface area contributed by atoms with Crippen LogP contribution < -0.4 is 14.8 Å². The zero-order valence-electron chi connectivity index (χ0n) is 14.0. The third kappa shape index (κ3) is 3.86. The van der Waals surface area contributed by atoms with Gasteiger partial charge in [0.25, 0.3) is 0 Å². The maximum absolute atomic E-state index is 12.4. The molecule has 5 heteroatoms. The van der Waals surface area contributed by atoms with Gasteiger partial charge in [0.1, 0.15) is 13.2 Å². The average molecular weight is 326 g/mol. The second kappa shape index (κ2) is 7.36. The summed E-state index contributed by atoms with van der Waals surface area (Å²) in [6.45, 7) is 3.71. The number of ether oxygens (including phenoxy) is 2. The minimum absolute atomic E-state index is 0.0266. The summed E-state index contributed by atoms with van der Waals surface area (Å²) in [5.74, 6) is 1.53. The molecule has 126 valence electrons. The lowest BCUT2D eigenvalue weighted by molar-refractivity contribution is -0.120. The van der Waals surface area contributed by atoms with Gasteiger partial charge in [-0.25, -0.2) is 0 Å². The SMILES string of the molecule is C[C@@H](C(=O)Nc1ccccc1)N(C)Cc1ccc2c(c1)OCCO2. The first-order valence-corrected chi connectivity index (χ1v) is 8.08. The number of rotatable bonds is 5. The van der Waals surface area contributed by atoms with Gasteiger partial charge in [-0.15, -0.1) is 0 Å². The van der Waals surface area contributed by atoms with E-state index in [1.54, 1.807) is 0 Å². The molecular formula is C19H22N2O3. The van der Waals surface area contributed by atoms with Crippen LogP contribution in [-0.2, 0) is 11.3 Å². The van der Waals surface area contributed by atoms with Gasteiger partial charge in [0.2, 0.25) is 5.91 Å². The number of carbonyl (C=O) groups excluding carboxylic acids is 1. The fourth-order valence-corrected chi connectivity index (χ4v) is 2.58. The minimum Gasteiger partial charge on any atom is -0.486 e. The van der Waals surface area contributed by atoms with Crippen LogP contribution >= 0.6 is 0 Å². The number of carbonyl (C=O) groups is 1. The molecule has 0 fully saturated rings. The van der Waals surface area contributed by atoms with Gasteiger partial charge in [0.05, 0.1) is 6.04 Å². The first kappa shape index (κ1) is 16.3. The molecule has 3 rings (SSSR count). The molecule has 0 radical (unpaired) electrons. The van der Waals surface area contributed by atoms with Crippen LogP contribution in [0.3, 0.4) is 0 Å². The molecule has 2 aromatic rings. The lowest BCUT2D eigenvalue weighted by atomic mass is 10.1. The number of anilines is 1. The molecule has 2 aromatic carbocycles. The Morgan fingerprint density at radius 2 is 1.83 bits per heavy atom. The summed E-state index contributed by atoms with van der Waals surface area (Å²) in [7, 11) is 1.94. The second-order valence-corrected chi connectivity index (χ2v) is 5.92. The Kier molecular flexibility index (Phi) is 5.01. The lowest BCUT2D eigenvalue weighted by Gasteiger charge is -2.25. The third-order valence-corrected chi connectivity index (χ3v) is 4.12. The van der Waals surface area contributed by atoms with Crippen LogP contribution in [0, 0.1) is 0 Å². The van der Waals surface area contributed by atoms with Crippen molar-refractivity contribution in [3.8, 4) is 11.5 Å². The molecule has 1 amide bonds. The van der Waals surface area contributed by atoms with Gasteiger partial charge < -0.3 is 14.8 Å². The van der Waals surface area contributed by atoms with Gasteiger partial charge in [0.15, 0.2) is 11.5 Å². The van der Waals surface area contributed by atoms with Crippen molar-refractivity contribution < 1.29 is 14.3 Å². The van der Waals surface area contributed by atoms with Crippen LogP contribution in [0.25, 0.3) is 0 Å². The molecule has 1 aliphatic rings. The Balaban J connectivity index is 1.61. The predicted molar refractivity (Wildman–Crippen MR) is 93.4 cm³/mol. The van der Waals surface area contributed by atoms with Crippen molar-refractivity contribution in [2.24, 2.45) is 0 Å². The fraction of sp³-hybridized carbons (Fsp3) is 0.316. The Labute approximate surface area is 142 Å². The monoisotopic (exact) mass is 326 g/mol. The predicted octanol–water partition coefficient (Wildman–Crippen LogP) is 2.92. The first-order valence-electron chi connectivity index (χ1n) is 8.08. The van der Waals surface area contributed by atoms with Crippen molar-refractivity contribution in [1.29, 1.82) is 0 Å². The summed E-state index contributed by atoms with van der Waals surface area (Å²) >= 11 is 0. The molecule has 5 nitrogen and oxygen atoms in total. The third-order valence-electron chi connectivity index (χ3n) is 4.12. The number of fused-ring (bicyclic) bond motifs is 1. The topological polar surface area (TPSA) is 50.8 Å². The number of likely N-dealkylation sites (N-methyl/N-ethyl adjacent to an activating group) is 1. The molecule has 0 saturated heterocycles. The highest BCUT2D eigenvalue weighted by molar-refractivity contribution is 5.94. The van der Waals surface area contributed by atoms with E-state index in [4.69, 9.17) is 9.47 Å². The number of hydrogen-bond acceptors (Lipinski definition) is 4. The van der Waals surface area contributed by atoms with E-state index in [1.165, 1.54) is 0 Å². The molecule has 0 unspecified atom stereocenters. The maximum atomic E-state index is 12.4. The normalized spacial score (nSPS) is 14.3. The van der Waals surface area contributed by atoms with Crippen LogP contribution in [0.5, 0.6) is 11.5 Å². The standard InChI is InChI=1S/C19H22N2O3/c1-14(19(22)20-16-6-4-3-5-7-16)21(2)13-15-8-9-17-18(12-15)24-11-10-23-17/h3-9,12,14H,10-11,13H2,1-2H3,(H,20,22)/t14-/m0/s1. The van der Waals surface area contributed by atoms with E-state index in [0.29, 0.717) is 19.8 Å². The average Bonchev–Trinajstić information content (AvgIpc) is 2.61. The molecule has 24 heavy (non-hydrogen) atoms. The summed E-state index contributed by atoms with van der Waals surface area (Å²) in [5, 5.41) is 2.93. The molecule has 1 heterocycles. The van der Waals surface area contributed by atoms with Crippen molar-refractivity contribution in [1.82, 2.24) is 4.90 Å².